The van der Waals surface area contributed by atoms with Gasteiger partial charge in [-0.2, -0.15) is 0 Å². The van der Waals surface area contributed by atoms with E-state index in [1.165, 1.54) is 88.1 Å². The molecule has 1 aliphatic heterocycles. The molecule has 1 amide bonds. The Morgan fingerprint density at radius 1 is 1.06 bits per heavy atom. The molecule has 0 radical (unpaired) electrons. The number of aliphatic imine (C=N–C) groups is 1. The Morgan fingerprint density at radius 3 is 2.50 bits per heavy atom. The van der Waals surface area contributed by atoms with Gasteiger partial charge in [0.1, 0.15) is 5.75 Å². The molecule has 2 aliphatic carbocycles. The van der Waals surface area contributed by atoms with Crippen LogP contribution in [-0.2, 0) is 11.3 Å². The minimum absolute atomic E-state index is 0.214. The first kappa shape index (κ1) is 22.9. The van der Waals surface area contributed by atoms with Gasteiger partial charge in [-0.05, 0) is 62.1 Å². The lowest BCUT2D eigenvalue weighted by molar-refractivity contribution is -0.111. The van der Waals surface area contributed by atoms with Crippen molar-refractivity contribution in [3.8, 4) is 5.75 Å². The van der Waals surface area contributed by atoms with E-state index in [9.17, 15) is 9.90 Å². The summed E-state index contributed by atoms with van der Waals surface area (Å²) >= 11 is 0. The maximum atomic E-state index is 11.9. The summed E-state index contributed by atoms with van der Waals surface area (Å²) in [6.45, 7) is 5.19. The number of carbonyl (C=O) groups is 1. The second-order valence-electron chi connectivity index (χ2n) is 9.77. The zero-order valence-corrected chi connectivity index (χ0v) is 19.5. The van der Waals surface area contributed by atoms with Gasteiger partial charge in [-0.3, -0.25) is 9.79 Å². The zero-order chi connectivity index (χ0) is 22.3. The predicted molar refractivity (Wildman–Crippen MR) is 131 cm³/mol. The molecule has 2 saturated carbocycles. The molecule has 4 rings (SSSR count). The largest absolute Gasteiger partial charge is 0.505 e. The molecule has 5 heteroatoms. The third-order valence-electron chi connectivity index (χ3n) is 7.51. The van der Waals surface area contributed by atoms with Gasteiger partial charge >= 0.3 is 0 Å². The number of amides is 1. The molecule has 5 nitrogen and oxygen atoms in total. The fourth-order valence-electron chi connectivity index (χ4n) is 5.70. The molecule has 0 unspecified atom stereocenters. The van der Waals surface area contributed by atoms with Crippen molar-refractivity contribution < 1.29 is 9.90 Å². The number of aromatic hydroxyl groups is 1. The van der Waals surface area contributed by atoms with Crippen LogP contribution in [0.1, 0.15) is 101 Å². The Kier molecular flexibility index (Phi) is 7.88. The monoisotopic (exact) mass is 437 g/mol. The molecule has 1 heterocycles. The maximum absolute atomic E-state index is 11.9. The summed E-state index contributed by atoms with van der Waals surface area (Å²) in [5.41, 5.74) is 2.70. The summed E-state index contributed by atoms with van der Waals surface area (Å²) in [4.78, 5) is 19.5. The number of hydrogen-bond acceptors (Lipinski definition) is 3. The highest BCUT2D eigenvalue weighted by molar-refractivity contribution is 6.00. The molecule has 0 bridgehead atoms. The molecule has 3 fully saturated rings. The Hall–Kier alpha value is -2.30. The van der Waals surface area contributed by atoms with Crippen LogP contribution in [0.3, 0.4) is 0 Å². The van der Waals surface area contributed by atoms with Gasteiger partial charge in [0.2, 0.25) is 5.91 Å². The van der Waals surface area contributed by atoms with Crippen LogP contribution in [-0.4, -0.2) is 34.3 Å². The van der Waals surface area contributed by atoms with E-state index in [2.05, 4.69) is 22.9 Å². The number of hydrogen-bond donors (Lipinski definition) is 2. The smallest absolute Gasteiger partial charge is 0.247 e. The fourth-order valence-corrected chi connectivity index (χ4v) is 5.70. The van der Waals surface area contributed by atoms with Gasteiger partial charge in [-0.15, -0.1) is 0 Å². The van der Waals surface area contributed by atoms with E-state index < -0.39 is 0 Å². The number of nitrogens with zero attached hydrogens (tertiary/aromatic N) is 2. The van der Waals surface area contributed by atoms with Gasteiger partial charge in [0.05, 0.1) is 17.6 Å². The van der Waals surface area contributed by atoms with Gasteiger partial charge in [-0.25, -0.2) is 0 Å². The van der Waals surface area contributed by atoms with Crippen molar-refractivity contribution in [3.05, 3.63) is 35.9 Å². The van der Waals surface area contributed by atoms with Crippen LogP contribution < -0.4 is 5.32 Å². The number of carbonyl (C=O) groups excluding carboxylic acids is 1. The molecule has 32 heavy (non-hydrogen) atoms. The summed E-state index contributed by atoms with van der Waals surface area (Å²) in [5.74, 6) is 1.62. The molecule has 174 valence electrons. The number of phenols is 1. The van der Waals surface area contributed by atoms with Crippen LogP contribution >= 0.6 is 0 Å². The Morgan fingerprint density at radius 2 is 1.78 bits per heavy atom. The first-order chi connectivity index (χ1) is 15.7. The summed E-state index contributed by atoms with van der Waals surface area (Å²) in [5, 5.41) is 14.1. The number of amidine groups is 1. The first-order valence-electron chi connectivity index (χ1n) is 12.8. The Balaban J connectivity index is 1.64. The predicted octanol–water partition coefficient (Wildman–Crippen LogP) is 6.28. The highest BCUT2D eigenvalue weighted by Gasteiger charge is 2.26. The molecular formula is C27H39N3O2. The number of phenolic OH excluding ortho intramolecular Hbond substituents is 1. The van der Waals surface area contributed by atoms with E-state index in [4.69, 9.17) is 4.99 Å². The Labute approximate surface area is 193 Å². The van der Waals surface area contributed by atoms with Crippen LogP contribution in [0.15, 0.2) is 29.8 Å². The van der Waals surface area contributed by atoms with Crippen LogP contribution in [0.4, 0.5) is 5.69 Å². The van der Waals surface area contributed by atoms with Crippen molar-refractivity contribution in [1.29, 1.82) is 0 Å². The van der Waals surface area contributed by atoms with Crippen molar-refractivity contribution in [2.75, 3.05) is 11.9 Å². The van der Waals surface area contributed by atoms with Crippen LogP contribution in [0.2, 0.25) is 0 Å². The number of nitrogens with one attached hydrogen (secondary N) is 1. The second kappa shape index (κ2) is 11.0. The van der Waals surface area contributed by atoms with E-state index >= 15 is 0 Å². The molecule has 0 aromatic heterocycles. The van der Waals surface area contributed by atoms with Crippen LogP contribution in [0, 0.1) is 0 Å². The topological polar surface area (TPSA) is 64.9 Å². The van der Waals surface area contributed by atoms with Crippen LogP contribution in [0.5, 0.6) is 5.75 Å². The van der Waals surface area contributed by atoms with Crippen molar-refractivity contribution >= 4 is 17.4 Å². The summed E-state index contributed by atoms with van der Waals surface area (Å²) < 4.78 is 0. The lowest BCUT2D eigenvalue weighted by Gasteiger charge is -2.34. The van der Waals surface area contributed by atoms with E-state index in [0.717, 1.165) is 24.9 Å². The van der Waals surface area contributed by atoms with E-state index in [1.54, 1.807) is 0 Å². The molecule has 1 aromatic rings. The van der Waals surface area contributed by atoms with Crippen molar-refractivity contribution in [2.24, 2.45) is 4.99 Å². The molecule has 1 aromatic carbocycles. The Bertz CT molecular complexity index is 836. The van der Waals surface area contributed by atoms with E-state index in [0.29, 0.717) is 24.2 Å². The minimum atomic E-state index is -0.297. The number of rotatable bonds is 6. The molecule has 0 spiro atoms. The normalized spacial score (nSPS) is 22.1. The SMILES string of the molecule is C=CC(=O)Nc1ccc(C2CCCCC2)c(CN2CCCCC2=NC2CCCCC2)c1O. The highest BCUT2D eigenvalue weighted by atomic mass is 16.3. The lowest BCUT2D eigenvalue weighted by Crippen LogP contribution is -2.36. The van der Waals surface area contributed by atoms with E-state index in [1.807, 2.05) is 6.07 Å². The van der Waals surface area contributed by atoms with Gasteiger partial charge in [0.15, 0.2) is 0 Å². The van der Waals surface area contributed by atoms with Gasteiger partial charge < -0.3 is 15.3 Å². The molecule has 3 aliphatic rings. The summed E-state index contributed by atoms with van der Waals surface area (Å²) in [6, 6.07) is 4.45. The lowest BCUT2D eigenvalue weighted by atomic mass is 9.81. The molecule has 2 N–H and O–H groups in total. The van der Waals surface area contributed by atoms with Crippen molar-refractivity contribution in [2.45, 2.75) is 102 Å². The van der Waals surface area contributed by atoms with Gasteiger partial charge in [0.25, 0.3) is 0 Å². The number of piperidine rings is 1. The quantitative estimate of drug-likeness (QED) is 0.406. The second-order valence-corrected chi connectivity index (χ2v) is 9.77. The minimum Gasteiger partial charge on any atom is -0.505 e. The zero-order valence-electron chi connectivity index (χ0n) is 19.5. The summed E-state index contributed by atoms with van der Waals surface area (Å²) in [6.07, 6.45) is 17.1. The highest BCUT2D eigenvalue weighted by Crippen LogP contribution is 2.41. The first-order valence-corrected chi connectivity index (χ1v) is 12.8. The molecular weight excluding hydrogens is 398 g/mol. The third kappa shape index (κ3) is 5.54. The number of likely N-dealkylation sites (tertiary alicyclic amines) is 1. The average Bonchev–Trinajstić information content (AvgIpc) is 2.84. The van der Waals surface area contributed by atoms with Gasteiger partial charge in [0, 0.05) is 25.1 Å². The van der Waals surface area contributed by atoms with Crippen molar-refractivity contribution in [3.63, 3.8) is 0 Å². The molecule has 0 atom stereocenters. The standard InChI is InChI=1S/C27H39N3O2/c1-2-26(31)29-24-17-16-22(20-11-5-3-6-12-20)23(27(24)32)19-30-18-10-9-15-25(30)28-21-13-7-4-8-14-21/h2,16-17,20-21,32H,1,3-15,18-19H2,(H,29,31). The average molecular weight is 438 g/mol. The van der Waals surface area contributed by atoms with Gasteiger partial charge in [-0.1, -0.05) is 51.2 Å². The summed E-state index contributed by atoms with van der Waals surface area (Å²) in [7, 11) is 0. The molecule has 1 saturated heterocycles. The maximum Gasteiger partial charge on any atom is 0.247 e. The third-order valence-corrected chi connectivity index (χ3v) is 7.51. The fraction of sp³-hybridized carbons (Fsp3) is 0.630. The van der Waals surface area contributed by atoms with E-state index in [-0.39, 0.29) is 11.7 Å². The van der Waals surface area contributed by atoms with Crippen molar-refractivity contribution in [1.82, 2.24) is 4.90 Å². The number of anilines is 1. The number of benzene rings is 1. The van der Waals surface area contributed by atoms with Crippen LogP contribution in [0.25, 0.3) is 0 Å².